The predicted octanol–water partition coefficient (Wildman–Crippen LogP) is 4.14. The number of nitrogens with one attached hydrogen (secondary N) is 3. The molecule has 6 nitrogen and oxygen atoms in total. The molecule has 146 valence electrons. The van der Waals surface area contributed by atoms with Crippen LogP contribution in [-0.2, 0) is 0 Å². The van der Waals surface area contributed by atoms with Crippen LogP contribution in [0.15, 0.2) is 36.4 Å². The number of nitrogens with zero attached hydrogens (tertiary/aromatic N) is 1. The molecule has 3 N–H and O–H groups in total. The summed E-state index contributed by atoms with van der Waals surface area (Å²) in [6.45, 7) is 4.97. The molecule has 3 amide bonds. The Labute approximate surface area is 169 Å². The molecule has 1 fully saturated rings. The second kappa shape index (κ2) is 7.02. The van der Waals surface area contributed by atoms with E-state index in [1.807, 2.05) is 44.2 Å². The highest BCUT2D eigenvalue weighted by atomic mass is 35.5. The lowest BCUT2D eigenvalue weighted by molar-refractivity contribution is 0.0852. The second-order valence-corrected chi connectivity index (χ2v) is 8.00. The number of carbonyl (C=O) groups is 2. The maximum Gasteiger partial charge on any atom is 0.321 e. The molecule has 2 aromatic rings. The van der Waals surface area contributed by atoms with Gasteiger partial charge in [0.1, 0.15) is 5.66 Å². The summed E-state index contributed by atoms with van der Waals surface area (Å²) in [6, 6.07) is 11.1. The van der Waals surface area contributed by atoms with Crippen LogP contribution in [0.4, 0.5) is 16.2 Å². The van der Waals surface area contributed by atoms with Crippen molar-refractivity contribution >= 4 is 34.9 Å². The summed E-state index contributed by atoms with van der Waals surface area (Å²) >= 11 is 6.13. The van der Waals surface area contributed by atoms with Gasteiger partial charge in [-0.2, -0.15) is 0 Å². The zero-order valence-corrected chi connectivity index (χ0v) is 16.7. The largest absolute Gasteiger partial charge is 0.362 e. The Kier molecular flexibility index (Phi) is 4.67. The van der Waals surface area contributed by atoms with E-state index in [-0.39, 0.29) is 11.9 Å². The third kappa shape index (κ3) is 3.52. The smallest absolute Gasteiger partial charge is 0.321 e. The molecule has 1 spiro atoms. The van der Waals surface area contributed by atoms with E-state index in [4.69, 9.17) is 11.6 Å². The molecule has 0 aromatic heterocycles. The van der Waals surface area contributed by atoms with Gasteiger partial charge in [-0.05, 0) is 43.7 Å². The number of likely N-dealkylation sites (tertiary alicyclic amines) is 1. The van der Waals surface area contributed by atoms with Crippen molar-refractivity contribution < 1.29 is 9.59 Å². The summed E-state index contributed by atoms with van der Waals surface area (Å²) < 4.78 is 0. The summed E-state index contributed by atoms with van der Waals surface area (Å²) in [5, 5.41) is 10.1. The van der Waals surface area contributed by atoms with Crippen molar-refractivity contribution in [3.05, 3.63) is 58.1 Å². The zero-order chi connectivity index (χ0) is 19.9. The van der Waals surface area contributed by atoms with Crippen molar-refractivity contribution in [2.24, 2.45) is 0 Å². The Bertz CT molecular complexity index is 951. The van der Waals surface area contributed by atoms with Crippen LogP contribution in [0.1, 0.15) is 34.3 Å². The Morgan fingerprint density at radius 2 is 1.86 bits per heavy atom. The molecule has 2 aromatic carbocycles. The summed E-state index contributed by atoms with van der Waals surface area (Å²) in [4.78, 5) is 26.9. The standard InChI is InChI=1S/C21H23ClN4O2/c1-13-3-6-18-16(11-13)19(27)25-21(24-18)7-9-26(10-8-21)20(28)23-15-5-4-14(2)17(22)12-15/h3-6,11-12,24H,7-10H2,1-2H3,(H,23,28)(H,25,27). The van der Waals surface area contributed by atoms with Crippen LogP contribution in [0, 0.1) is 13.8 Å². The van der Waals surface area contributed by atoms with Gasteiger partial charge in [-0.3, -0.25) is 4.79 Å². The van der Waals surface area contributed by atoms with Crippen LogP contribution >= 0.6 is 11.6 Å². The number of aryl methyl sites for hydroxylation is 2. The van der Waals surface area contributed by atoms with Crippen LogP contribution < -0.4 is 16.0 Å². The molecule has 0 saturated carbocycles. The number of hydrogen-bond acceptors (Lipinski definition) is 3. The third-order valence-corrected chi connectivity index (χ3v) is 5.88. The molecule has 0 aliphatic carbocycles. The summed E-state index contributed by atoms with van der Waals surface area (Å²) in [5.41, 5.74) is 3.70. The average molecular weight is 399 g/mol. The maximum atomic E-state index is 12.6. The van der Waals surface area contributed by atoms with Gasteiger partial charge < -0.3 is 20.9 Å². The third-order valence-electron chi connectivity index (χ3n) is 5.47. The fraction of sp³-hybridized carbons (Fsp3) is 0.333. The van der Waals surface area contributed by atoms with Gasteiger partial charge in [0.25, 0.3) is 5.91 Å². The van der Waals surface area contributed by atoms with E-state index in [2.05, 4.69) is 16.0 Å². The van der Waals surface area contributed by atoms with Crippen LogP contribution in [0.3, 0.4) is 0 Å². The van der Waals surface area contributed by atoms with E-state index in [0.29, 0.717) is 42.2 Å². The minimum atomic E-state index is -0.511. The Morgan fingerprint density at radius 1 is 1.11 bits per heavy atom. The highest BCUT2D eigenvalue weighted by molar-refractivity contribution is 6.31. The monoisotopic (exact) mass is 398 g/mol. The quantitative estimate of drug-likeness (QED) is 0.676. The number of benzene rings is 2. The van der Waals surface area contributed by atoms with Gasteiger partial charge >= 0.3 is 6.03 Å². The second-order valence-electron chi connectivity index (χ2n) is 7.59. The van der Waals surface area contributed by atoms with E-state index < -0.39 is 5.66 Å². The first-order valence-corrected chi connectivity index (χ1v) is 9.76. The van der Waals surface area contributed by atoms with Crippen LogP contribution in [0.25, 0.3) is 0 Å². The molecule has 2 aliphatic heterocycles. The first-order valence-electron chi connectivity index (χ1n) is 9.39. The predicted molar refractivity (Wildman–Crippen MR) is 111 cm³/mol. The lowest BCUT2D eigenvalue weighted by Gasteiger charge is -2.45. The molecule has 4 rings (SSSR count). The van der Waals surface area contributed by atoms with Crippen molar-refractivity contribution in [2.75, 3.05) is 23.7 Å². The molecule has 2 aliphatic rings. The van der Waals surface area contributed by atoms with E-state index in [1.54, 1.807) is 11.0 Å². The van der Waals surface area contributed by atoms with Gasteiger partial charge in [-0.15, -0.1) is 0 Å². The molecule has 1 saturated heterocycles. The number of piperidine rings is 1. The zero-order valence-electron chi connectivity index (χ0n) is 15.9. The number of anilines is 2. The normalized spacial score (nSPS) is 17.5. The molecule has 0 bridgehead atoms. The van der Waals surface area contributed by atoms with Crippen molar-refractivity contribution in [1.82, 2.24) is 10.2 Å². The van der Waals surface area contributed by atoms with E-state index in [1.165, 1.54) is 0 Å². The maximum absolute atomic E-state index is 12.6. The average Bonchev–Trinajstić information content (AvgIpc) is 2.66. The van der Waals surface area contributed by atoms with Crippen molar-refractivity contribution in [3.8, 4) is 0 Å². The molecular formula is C21H23ClN4O2. The van der Waals surface area contributed by atoms with Crippen molar-refractivity contribution in [2.45, 2.75) is 32.4 Å². The van der Waals surface area contributed by atoms with Gasteiger partial charge in [0, 0.05) is 42.3 Å². The minimum Gasteiger partial charge on any atom is -0.362 e. The van der Waals surface area contributed by atoms with Crippen molar-refractivity contribution in [1.29, 1.82) is 0 Å². The molecular weight excluding hydrogens is 376 g/mol. The highest BCUT2D eigenvalue weighted by Gasteiger charge is 2.41. The molecule has 0 unspecified atom stereocenters. The number of fused-ring (bicyclic) bond motifs is 1. The fourth-order valence-electron chi connectivity index (χ4n) is 3.74. The minimum absolute atomic E-state index is 0.0651. The highest BCUT2D eigenvalue weighted by Crippen LogP contribution is 2.32. The van der Waals surface area contributed by atoms with Crippen LogP contribution in [0.5, 0.6) is 0 Å². The van der Waals surface area contributed by atoms with E-state index in [9.17, 15) is 9.59 Å². The number of carbonyl (C=O) groups excluding carboxylic acids is 2. The Hall–Kier alpha value is -2.73. The topological polar surface area (TPSA) is 73.5 Å². The van der Waals surface area contributed by atoms with Gasteiger partial charge in [-0.1, -0.05) is 29.3 Å². The molecule has 0 radical (unpaired) electrons. The number of urea groups is 1. The van der Waals surface area contributed by atoms with Gasteiger partial charge in [0.05, 0.1) is 5.56 Å². The van der Waals surface area contributed by atoms with E-state index >= 15 is 0 Å². The summed E-state index contributed by atoms with van der Waals surface area (Å²) in [7, 11) is 0. The van der Waals surface area contributed by atoms with Gasteiger partial charge in [-0.25, -0.2) is 4.79 Å². The van der Waals surface area contributed by atoms with Gasteiger partial charge in [0.15, 0.2) is 0 Å². The summed E-state index contributed by atoms with van der Waals surface area (Å²) in [6.07, 6.45) is 1.27. The molecule has 7 heteroatoms. The van der Waals surface area contributed by atoms with E-state index in [0.717, 1.165) is 16.8 Å². The number of amides is 3. The Morgan fingerprint density at radius 3 is 2.57 bits per heavy atom. The lowest BCUT2D eigenvalue weighted by atomic mass is 9.92. The fourth-order valence-corrected chi connectivity index (χ4v) is 3.92. The summed E-state index contributed by atoms with van der Waals surface area (Å²) in [5.74, 6) is -0.0651. The van der Waals surface area contributed by atoms with Gasteiger partial charge in [0.2, 0.25) is 0 Å². The molecule has 2 heterocycles. The number of hydrogen-bond donors (Lipinski definition) is 3. The molecule has 28 heavy (non-hydrogen) atoms. The Balaban J connectivity index is 1.41. The first kappa shape index (κ1) is 18.6. The SMILES string of the molecule is Cc1ccc2c(c1)C(=O)NC1(CCN(C(=O)Nc3ccc(C)c(Cl)c3)CC1)N2. The van der Waals surface area contributed by atoms with Crippen LogP contribution in [-0.4, -0.2) is 35.6 Å². The van der Waals surface area contributed by atoms with Crippen molar-refractivity contribution in [3.63, 3.8) is 0 Å². The van der Waals surface area contributed by atoms with Crippen LogP contribution in [0.2, 0.25) is 5.02 Å². The lowest BCUT2D eigenvalue weighted by Crippen LogP contribution is -2.63. The first-order chi connectivity index (χ1) is 13.3. The number of halogens is 1. The molecule has 0 atom stereocenters. The number of rotatable bonds is 1.